The molecule has 5 nitrogen and oxygen atoms in total. The third kappa shape index (κ3) is 5.65. The van der Waals surface area contributed by atoms with E-state index in [1.165, 1.54) is 0 Å². The molecule has 3 rings (SSSR count). The highest BCUT2D eigenvalue weighted by molar-refractivity contribution is 5.98. The summed E-state index contributed by atoms with van der Waals surface area (Å²) in [6.45, 7) is 0.261. The fraction of sp³-hybridized carbons (Fsp3) is 0.136. The molecule has 9 heteroatoms. The number of hydrogen-bond donors (Lipinski definition) is 4. The predicted octanol–water partition coefficient (Wildman–Crippen LogP) is 5.16. The van der Waals surface area contributed by atoms with Gasteiger partial charge in [-0.15, -0.1) is 0 Å². The van der Waals surface area contributed by atoms with Crippen LogP contribution in [-0.4, -0.2) is 11.0 Å². The van der Waals surface area contributed by atoms with Crippen LogP contribution in [0, 0.1) is 5.82 Å². The first kappa shape index (κ1) is 21.9. The van der Waals surface area contributed by atoms with E-state index in [0.29, 0.717) is 29.5 Å². The van der Waals surface area contributed by atoms with E-state index in [-0.39, 0.29) is 17.9 Å². The van der Waals surface area contributed by atoms with Crippen molar-refractivity contribution >= 4 is 17.2 Å². The monoisotopic (exact) mass is 432 g/mol. The van der Waals surface area contributed by atoms with E-state index in [2.05, 4.69) is 15.8 Å². The Kier molecular flexibility index (Phi) is 6.64. The van der Waals surface area contributed by atoms with Crippen molar-refractivity contribution in [3.05, 3.63) is 94.8 Å². The number of hydrogen-bond acceptors (Lipinski definition) is 4. The van der Waals surface area contributed by atoms with Crippen LogP contribution >= 0.6 is 0 Å². The highest BCUT2D eigenvalue weighted by Crippen LogP contribution is 2.33. The second kappa shape index (κ2) is 9.38. The molecule has 0 aliphatic heterocycles. The number of nitrogens with one attached hydrogen (secondary N) is 2. The predicted molar refractivity (Wildman–Crippen MR) is 111 cm³/mol. The van der Waals surface area contributed by atoms with Gasteiger partial charge in [-0.25, -0.2) is 4.39 Å². The van der Waals surface area contributed by atoms with Gasteiger partial charge in [0.1, 0.15) is 5.82 Å². The molecule has 0 spiro atoms. The number of oxime groups is 1. The molecule has 0 saturated heterocycles. The van der Waals surface area contributed by atoms with Gasteiger partial charge in [0.2, 0.25) is 0 Å². The van der Waals surface area contributed by atoms with Gasteiger partial charge in [-0.05, 0) is 41.5 Å². The number of amidine groups is 1. The molecule has 0 atom stereocenters. The average Bonchev–Trinajstić information content (AvgIpc) is 2.76. The Hall–Kier alpha value is -3.75. The molecule has 31 heavy (non-hydrogen) atoms. The number of halogens is 4. The number of alkyl halides is 3. The largest absolute Gasteiger partial charge is 0.416 e. The molecule has 3 aromatic carbocycles. The third-order valence-electron chi connectivity index (χ3n) is 4.60. The molecule has 0 heterocycles. The minimum absolute atomic E-state index is 0.114. The van der Waals surface area contributed by atoms with Gasteiger partial charge in [-0.2, -0.15) is 13.2 Å². The average molecular weight is 432 g/mol. The zero-order valence-corrected chi connectivity index (χ0v) is 16.2. The quantitative estimate of drug-likeness (QED) is 0.137. The first-order valence-electron chi connectivity index (χ1n) is 9.27. The number of rotatable bonds is 7. The molecule has 0 aliphatic rings. The van der Waals surface area contributed by atoms with Crippen LogP contribution in [0.5, 0.6) is 0 Å². The molecule has 0 saturated carbocycles. The summed E-state index contributed by atoms with van der Waals surface area (Å²) in [5.41, 5.74) is 6.92. The maximum atomic E-state index is 13.4. The topological polar surface area (TPSA) is 82.7 Å². The Bertz CT molecular complexity index is 1070. The maximum Gasteiger partial charge on any atom is 0.416 e. The van der Waals surface area contributed by atoms with E-state index < -0.39 is 17.6 Å². The molecular formula is C22H20F4N4O. The fourth-order valence-electron chi connectivity index (χ4n) is 3.01. The Morgan fingerprint density at radius 3 is 2.29 bits per heavy atom. The zero-order valence-electron chi connectivity index (χ0n) is 16.2. The molecule has 0 amide bonds. The van der Waals surface area contributed by atoms with Gasteiger partial charge in [-0.3, -0.25) is 0 Å². The Morgan fingerprint density at radius 1 is 0.903 bits per heavy atom. The molecule has 162 valence electrons. The highest BCUT2D eigenvalue weighted by Gasteiger charge is 2.33. The minimum Gasteiger partial charge on any atom is -0.409 e. The lowest BCUT2D eigenvalue weighted by atomic mass is 10.1. The van der Waals surface area contributed by atoms with Crippen LogP contribution in [0.25, 0.3) is 0 Å². The number of nitrogens with zero attached hydrogens (tertiary/aromatic N) is 1. The van der Waals surface area contributed by atoms with Gasteiger partial charge in [0, 0.05) is 18.7 Å². The van der Waals surface area contributed by atoms with E-state index in [9.17, 15) is 17.6 Å². The van der Waals surface area contributed by atoms with Crippen LogP contribution in [0.4, 0.5) is 28.9 Å². The van der Waals surface area contributed by atoms with Crippen LogP contribution in [0.15, 0.2) is 71.9 Å². The summed E-state index contributed by atoms with van der Waals surface area (Å²) in [5, 5.41) is 18.0. The lowest BCUT2D eigenvalue weighted by Gasteiger charge is -2.18. The minimum atomic E-state index is -4.69. The van der Waals surface area contributed by atoms with Crippen LogP contribution in [-0.2, 0) is 19.3 Å². The van der Waals surface area contributed by atoms with E-state index in [1.807, 2.05) is 30.3 Å². The van der Waals surface area contributed by atoms with Crippen molar-refractivity contribution in [2.45, 2.75) is 19.3 Å². The summed E-state index contributed by atoms with van der Waals surface area (Å²) in [7, 11) is 0. The smallest absolute Gasteiger partial charge is 0.409 e. The van der Waals surface area contributed by atoms with Crippen molar-refractivity contribution in [1.82, 2.24) is 0 Å². The third-order valence-corrected chi connectivity index (χ3v) is 4.60. The maximum absolute atomic E-state index is 13.4. The second-order valence-electron chi connectivity index (χ2n) is 6.74. The Morgan fingerprint density at radius 2 is 1.61 bits per heavy atom. The standard InChI is InChI=1S/C22H20F4N4O/c23-17-8-6-16(18(11-17)22(24,25)26)13-29-20-10-15(21(27)30-31)7-9-19(20)28-12-14-4-2-1-3-5-14/h1-11,28-29,31H,12-13H2,(H2,27,30). The first-order chi connectivity index (χ1) is 14.8. The van der Waals surface area contributed by atoms with Gasteiger partial charge < -0.3 is 21.6 Å². The summed E-state index contributed by atoms with van der Waals surface area (Å²) in [6, 6.07) is 16.9. The van der Waals surface area contributed by atoms with Crippen LogP contribution in [0.1, 0.15) is 22.3 Å². The number of anilines is 2. The fourth-order valence-corrected chi connectivity index (χ4v) is 3.01. The molecule has 0 unspecified atom stereocenters. The van der Waals surface area contributed by atoms with Crippen molar-refractivity contribution in [2.75, 3.05) is 10.6 Å². The molecule has 0 fully saturated rings. The molecular weight excluding hydrogens is 412 g/mol. The first-order valence-corrected chi connectivity index (χ1v) is 9.27. The lowest BCUT2D eigenvalue weighted by molar-refractivity contribution is -0.138. The van der Waals surface area contributed by atoms with Gasteiger partial charge in [-0.1, -0.05) is 41.6 Å². The number of benzene rings is 3. The molecule has 0 aliphatic carbocycles. The second-order valence-corrected chi connectivity index (χ2v) is 6.74. The van der Waals surface area contributed by atoms with E-state index in [0.717, 1.165) is 17.7 Å². The van der Waals surface area contributed by atoms with Crippen molar-refractivity contribution in [3.8, 4) is 0 Å². The van der Waals surface area contributed by atoms with E-state index in [4.69, 9.17) is 10.9 Å². The summed E-state index contributed by atoms with van der Waals surface area (Å²) >= 11 is 0. The lowest BCUT2D eigenvalue weighted by Crippen LogP contribution is -2.15. The molecule has 0 bridgehead atoms. The van der Waals surface area contributed by atoms with Gasteiger partial charge >= 0.3 is 6.18 Å². The molecule has 5 N–H and O–H groups in total. The Balaban J connectivity index is 1.88. The normalized spacial score (nSPS) is 11.9. The van der Waals surface area contributed by atoms with Gasteiger partial charge in [0.05, 0.1) is 16.9 Å². The summed E-state index contributed by atoms with van der Waals surface area (Å²) in [4.78, 5) is 0. The Labute approximate surface area is 176 Å². The van der Waals surface area contributed by atoms with Gasteiger partial charge in [0.25, 0.3) is 0 Å². The molecule has 0 radical (unpaired) electrons. The zero-order chi connectivity index (χ0) is 22.4. The van der Waals surface area contributed by atoms with Crippen molar-refractivity contribution in [1.29, 1.82) is 0 Å². The number of nitrogens with two attached hydrogens (primary N) is 1. The van der Waals surface area contributed by atoms with E-state index >= 15 is 0 Å². The van der Waals surface area contributed by atoms with E-state index in [1.54, 1.807) is 18.2 Å². The summed E-state index contributed by atoms with van der Waals surface area (Å²) in [6.07, 6.45) is -4.69. The highest BCUT2D eigenvalue weighted by atomic mass is 19.4. The van der Waals surface area contributed by atoms with Crippen molar-refractivity contribution in [3.63, 3.8) is 0 Å². The van der Waals surface area contributed by atoms with Crippen molar-refractivity contribution in [2.24, 2.45) is 10.9 Å². The molecule has 3 aromatic rings. The summed E-state index contributed by atoms with van der Waals surface area (Å²) in [5.74, 6) is -1.11. The summed E-state index contributed by atoms with van der Waals surface area (Å²) < 4.78 is 53.2. The van der Waals surface area contributed by atoms with Crippen LogP contribution in [0.3, 0.4) is 0 Å². The van der Waals surface area contributed by atoms with Crippen LogP contribution < -0.4 is 16.4 Å². The van der Waals surface area contributed by atoms with Crippen LogP contribution in [0.2, 0.25) is 0 Å². The molecule has 0 aromatic heterocycles. The van der Waals surface area contributed by atoms with Gasteiger partial charge in [0.15, 0.2) is 5.84 Å². The SMILES string of the molecule is NC(=NO)c1ccc(NCc2ccccc2)c(NCc2ccc(F)cc2C(F)(F)F)c1. The van der Waals surface area contributed by atoms with Crippen molar-refractivity contribution < 1.29 is 22.8 Å².